The smallest absolute Gasteiger partial charge is 0.240 e. The summed E-state index contributed by atoms with van der Waals surface area (Å²) in [7, 11) is 1.88. The zero-order chi connectivity index (χ0) is 16.2. The van der Waals surface area contributed by atoms with E-state index in [-0.39, 0.29) is 25.2 Å². The molecule has 1 saturated heterocycles. The molecule has 1 amide bonds. The Morgan fingerprint density at radius 3 is 2.19 bits per heavy atom. The number of carbonyl (C=O) groups is 1. The molecule has 2 N–H and O–H groups in total. The van der Waals surface area contributed by atoms with Crippen LogP contribution in [0.25, 0.3) is 0 Å². The van der Waals surface area contributed by atoms with E-state index in [1.165, 1.54) is 6.42 Å². The van der Waals surface area contributed by atoms with E-state index in [1.807, 2.05) is 30.7 Å². The van der Waals surface area contributed by atoms with Crippen molar-refractivity contribution in [2.24, 2.45) is 5.41 Å². The molecule has 5 heteroatoms. The van der Waals surface area contributed by atoms with E-state index >= 15 is 0 Å². The molecular weight excluding hydrogens is 268 g/mol. The minimum absolute atomic E-state index is 0.0920. The third-order valence-corrected chi connectivity index (χ3v) is 4.86. The maximum atomic E-state index is 12.8. The van der Waals surface area contributed by atoms with Crippen molar-refractivity contribution in [3.05, 3.63) is 0 Å². The van der Waals surface area contributed by atoms with Crippen LogP contribution in [0.1, 0.15) is 47.0 Å². The average Bonchev–Trinajstić information content (AvgIpc) is 2.45. The van der Waals surface area contributed by atoms with Gasteiger partial charge >= 0.3 is 0 Å². The number of nitrogens with zero attached hydrogens (tertiary/aromatic N) is 2. The van der Waals surface area contributed by atoms with Crippen LogP contribution >= 0.6 is 0 Å². The van der Waals surface area contributed by atoms with Crippen molar-refractivity contribution in [1.29, 1.82) is 0 Å². The topological polar surface area (TPSA) is 64.0 Å². The van der Waals surface area contributed by atoms with E-state index in [9.17, 15) is 15.0 Å². The fourth-order valence-corrected chi connectivity index (χ4v) is 3.15. The molecule has 0 aromatic rings. The fraction of sp³-hybridized carbons (Fsp3) is 0.938. The summed E-state index contributed by atoms with van der Waals surface area (Å²) in [4.78, 5) is 16.7. The van der Waals surface area contributed by atoms with Gasteiger partial charge in [0.2, 0.25) is 5.91 Å². The summed E-state index contributed by atoms with van der Waals surface area (Å²) in [6, 6.07) is 0.337. The fourth-order valence-electron chi connectivity index (χ4n) is 3.15. The summed E-state index contributed by atoms with van der Waals surface area (Å²) >= 11 is 0. The van der Waals surface area contributed by atoms with E-state index < -0.39 is 5.41 Å². The molecule has 1 fully saturated rings. The molecule has 0 aliphatic carbocycles. The Morgan fingerprint density at radius 1 is 1.29 bits per heavy atom. The molecule has 0 bridgehead atoms. The van der Waals surface area contributed by atoms with Gasteiger partial charge in [0.25, 0.3) is 0 Å². The van der Waals surface area contributed by atoms with Gasteiger partial charge in [-0.25, -0.2) is 0 Å². The molecule has 21 heavy (non-hydrogen) atoms. The van der Waals surface area contributed by atoms with Crippen molar-refractivity contribution in [1.82, 2.24) is 9.80 Å². The second-order valence-electron chi connectivity index (χ2n) is 7.09. The van der Waals surface area contributed by atoms with Crippen molar-refractivity contribution in [3.8, 4) is 0 Å². The predicted molar refractivity (Wildman–Crippen MR) is 84.0 cm³/mol. The van der Waals surface area contributed by atoms with E-state index in [0.29, 0.717) is 18.6 Å². The van der Waals surface area contributed by atoms with Crippen molar-refractivity contribution in [2.75, 3.05) is 26.8 Å². The normalized spacial score (nSPS) is 25.2. The highest BCUT2D eigenvalue weighted by Gasteiger charge is 2.35. The number of likely N-dealkylation sites (tertiary alicyclic amines) is 1. The molecule has 3 atom stereocenters. The minimum atomic E-state index is -0.581. The quantitative estimate of drug-likeness (QED) is 0.771. The number of carbonyl (C=O) groups excluding carboxylic acids is 1. The highest BCUT2D eigenvalue weighted by molar-refractivity contribution is 5.82. The Hall–Kier alpha value is -0.650. The number of aliphatic hydroxyl groups excluding tert-OH is 2. The van der Waals surface area contributed by atoms with Crippen molar-refractivity contribution >= 4 is 5.91 Å². The van der Waals surface area contributed by atoms with Crippen LogP contribution in [-0.2, 0) is 4.79 Å². The SMILES string of the molecule is CC(C(=O)N1C(C)CCCC1C)N(C)CC(C)(CO)CO. The lowest BCUT2D eigenvalue weighted by Crippen LogP contribution is -2.55. The maximum absolute atomic E-state index is 12.8. The Balaban J connectivity index is 2.72. The molecule has 0 aromatic heterocycles. The molecule has 1 aliphatic heterocycles. The van der Waals surface area contributed by atoms with Crippen LogP contribution in [0.3, 0.4) is 0 Å². The van der Waals surface area contributed by atoms with Crippen molar-refractivity contribution in [2.45, 2.75) is 65.1 Å². The molecule has 1 rings (SSSR count). The molecule has 5 nitrogen and oxygen atoms in total. The van der Waals surface area contributed by atoms with Crippen LogP contribution in [0.15, 0.2) is 0 Å². The highest BCUT2D eigenvalue weighted by atomic mass is 16.3. The first-order valence-electron chi connectivity index (χ1n) is 8.00. The number of piperidine rings is 1. The average molecular weight is 300 g/mol. The van der Waals surface area contributed by atoms with E-state index in [1.54, 1.807) is 0 Å². The number of amides is 1. The van der Waals surface area contributed by atoms with Crippen LogP contribution in [0.5, 0.6) is 0 Å². The van der Waals surface area contributed by atoms with Gasteiger partial charge in [0.15, 0.2) is 0 Å². The van der Waals surface area contributed by atoms with Crippen LogP contribution in [0.2, 0.25) is 0 Å². The third-order valence-electron chi connectivity index (χ3n) is 4.86. The van der Waals surface area contributed by atoms with Gasteiger partial charge in [0.1, 0.15) is 0 Å². The lowest BCUT2D eigenvalue weighted by atomic mass is 9.91. The predicted octanol–water partition coefficient (Wildman–Crippen LogP) is 1.09. The number of hydrogen-bond donors (Lipinski definition) is 2. The van der Waals surface area contributed by atoms with Crippen LogP contribution in [-0.4, -0.2) is 70.9 Å². The summed E-state index contributed by atoms with van der Waals surface area (Å²) in [6.45, 7) is 8.27. The molecule has 0 spiro atoms. The molecule has 0 saturated carbocycles. The van der Waals surface area contributed by atoms with E-state index in [0.717, 1.165) is 12.8 Å². The standard InChI is InChI=1S/C16H32N2O3/c1-12-7-6-8-13(2)18(12)15(21)14(3)17(5)9-16(4,10-19)11-20/h12-14,19-20H,6-11H2,1-5H3. The van der Waals surface area contributed by atoms with Gasteiger partial charge in [-0.05, 0) is 47.1 Å². The Morgan fingerprint density at radius 2 is 1.76 bits per heavy atom. The zero-order valence-corrected chi connectivity index (χ0v) is 14.2. The number of likely N-dealkylation sites (N-methyl/N-ethyl adjacent to an activating group) is 1. The van der Waals surface area contributed by atoms with Crippen molar-refractivity contribution < 1.29 is 15.0 Å². The monoisotopic (exact) mass is 300 g/mol. The first-order chi connectivity index (χ1) is 9.75. The van der Waals surface area contributed by atoms with Gasteiger partial charge in [-0.2, -0.15) is 0 Å². The van der Waals surface area contributed by atoms with Gasteiger partial charge in [0.05, 0.1) is 19.3 Å². The number of rotatable bonds is 6. The lowest BCUT2D eigenvalue weighted by molar-refractivity contribution is -0.143. The second kappa shape index (κ2) is 7.56. The first kappa shape index (κ1) is 18.4. The van der Waals surface area contributed by atoms with Crippen LogP contribution in [0, 0.1) is 5.41 Å². The molecule has 1 aliphatic rings. The maximum Gasteiger partial charge on any atom is 0.240 e. The largest absolute Gasteiger partial charge is 0.396 e. The Kier molecular flexibility index (Phi) is 6.63. The molecular formula is C16H32N2O3. The Labute approximate surface area is 128 Å². The molecule has 124 valence electrons. The summed E-state index contributed by atoms with van der Waals surface area (Å²) in [5.41, 5.74) is -0.581. The molecule has 1 heterocycles. The van der Waals surface area contributed by atoms with E-state index in [2.05, 4.69) is 13.8 Å². The number of hydrogen-bond acceptors (Lipinski definition) is 4. The van der Waals surface area contributed by atoms with Gasteiger partial charge in [0, 0.05) is 24.0 Å². The first-order valence-corrected chi connectivity index (χ1v) is 8.00. The zero-order valence-electron chi connectivity index (χ0n) is 14.2. The number of aliphatic hydroxyl groups is 2. The molecule has 0 aromatic carbocycles. The summed E-state index contributed by atoms with van der Waals surface area (Å²) in [6.07, 6.45) is 3.32. The summed E-state index contributed by atoms with van der Waals surface area (Å²) in [5, 5.41) is 18.8. The summed E-state index contributed by atoms with van der Waals surface area (Å²) < 4.78 is 0. The van der Waals surface area contributed by atoms with Crippen LogP contribution < -0.4 is 0 Å². The third kappa shape index (κ3) is 4.41. The van der Waals surface area contributed by atoms with Gasteiger partial charge in [-0.3, -0.25) is 9.69 Å². The van der Waals surface area contributed by atoms with Crippen LogP contribution in [0.4, 0.5) is 0 Å². The van der Waals surface area contributed by atoms with Gasteiger partial charge in [-0.1, -0.05) is 6.92 Å². The molecule has 3 unspecified atom stereocenters. The summed E-state index contributed by atoms with van der Waals surface area (Å²) in [5.74, 6) is 0.149. The Bertz CT molecular complexity index is 334. The second-order valence-corrected chi connectivity index (χ2v) is 7.09. The van der Waals surface area contributed by atoms with Crippen molar-refractivity contribution in [3.63, 3.8) is 0 Å². The van der Waals surface area contributed by atoms with Gasteiger partial charge in [-0.15, -0.1) is 0 Å². The lowest BCUT2D eigenvalue weighted by Gasteiger charge is -2.42. The minimum Gasteiger partial charge on any atom is -0.396 e. The van der Waals surface area contributed by atoms with Gasteiger partial charge < -0.3 is 15.1 Å². The van der Waals surface area contributed by atoms with E-state index in [4.69, 9.17) is 0 Å². The molecule has 0 radical (unpaired) electrons. The highest BCUT2D eigenvalue weighted by Crippen LogP contribution is 2.25.